The number of hydrogen-bond donors (Lipinski definition) is 1. The Morgan fingerprint density at radius 2 is 2.04 bits per heavy atom. The predicted molar refractivity (Wildman–Crippen MR) is 93.8 cm³/mol. The van der Waals surface area contributed by atoms with Crippen LogP contribution in [0.15, 0.2) is 36.4 Å². The first-order valence-corrected chi connectivity index (χ1v) is 8.78. The third-order valence-electron chi connectivity index (χ3n) is 4.11. The fourth-order valence-electron chi connectivity index (χ4n) is 2.91. The van der Waals surface area contributed by atoms with Crippen LogP contribution in [0.4, 0.5) is 14.5 Å². The number of carbonyl (C=O) groups excluding carboxylic acids is 1. The first-order chi connectivity index (χ1) is 12.9. The Labute approximate surface area is 155 Å². The number of aliphatic carboxylic acids is 1. The number of rotatable bonds is 4. The minimum absolute atomic E-state index is 0.00423. The van der Waals surface area contributed by atoms with Crippen LogP contribution in [0.2, 0.25) is 0 Å². The number of amides is 1. The zero-order chi connectivity index (χ0) is 19.1. The quantitative estimate of drug-likeness (QED) is 0.739. The van der Waals surface area contributed by atoms with Gasteiger partial charge in [-0.1, -0.05) is 12.1 Å². The van der Waals surface area contributed by atoms with E-state index in [0.29, 0.717) is 22.0 Å². The molecule has 0 radical (unpaired) electrons. The molecule has 1 amide bonds. The third kappa shape index (κ3) is 3.10. The van der Waals surface area contributed by atoms with E-state index in [2.05, 4.69) is 4.98 Å². The van der Waals surface area contributed by atoms with Gasteiger partial charge in [-0.3, -0.25) is 14.5 Å². The van der Waals surface area contributed by atoms with Gasteiger partial charge in [0.25, 0.3) is 5.91 Å². The van der Waals surface area contributed by atoms with Gasteiger partial charge < -0.3 is 9.84 Å². The number of hydrogen-bond acceptors (Lipinski definition) is 5. The van der Waals surface area contributed by atoms with Crippen LogP contribution in [0.1, 0.15) is 11.4 Å². The van der Waals surface area contributed by atoms with E-state index in [1.165, 1.54) is 11.0 Å². The van der Waals surface area contributed by atoms with Gasteiger partial charge in [0.15, 0.2) is 17.7 Å². The van der Waals surface area contributed by atoms with Crippen molar-refractivity contribution in [1.82, 2.24) is 4.98 Å². The summed E-state index contributed by atoms with van der Waals surface area (Å²) >= 11 is 0.946. The van der Waals surface area contributed by atoms with Crippen LogP contribution in [0.25, 0.3) is 10.2 Å². The first-order valence-electron chi connectivity index (χ1n) is 7.96. The number of carbonyl (C=O) groups is 2. The van der Waals surface area contributed by atoms with Gasteiger partial charge in [-0.15, -0.1) is 11.3 Å². The van der Waals surface area contributed by atoms with Gasteiger partial charge in [0.05, 0.1) is 28.9 Å². The molecule has 0 spiro atoms. The largest absolute Gasteiger partial charge is 0.481 e. The number of anilines is 1. The summed E-state index contributed by atoms with van der Waals surface area (Å²) < 4.78 is 32.9. The van der Waals surface area contributed by atoms with Crippen LogP contribution in [0, 0.1) is 11.6 Å². The van der Waals surface area contributed by atoms with Crippen molar-refractivity contribution in [3.63, 3.8) is 0 Å². The number of para-hydroxylation sites is 2. The van der Waals surface area contributed by atoms with Crippen molar-refractivity contribution in [3.8, 4) is 5.75 Å². The summed E-state index contributed by atoms with van der Waals surface area (Å²) in [6.07, 6.45) is -1.65. The first kappa shape index (κ1) is 17.3. The number of carboxylic acids is 1. The molecule has 0 saturated carbocycles. The molecule has 1 aromatic heterocycles. The van der Waals surface area contributed by atoms with Crippen LogP contribution in [0.5, 0.6) is 5.75 Å². The summed E-state index contributed by atoms with van der Waals surface area (Å²) in [4.78, 5) is 29.4. The number of ether oxygens (including phenoxy) is 1. The van der Waals surface area contributed by atoms with E-state index < -0.39 is 36.0 Å². The minimum atomic E-state index is -1.17. The number of carboxylic acid groups (broad SMARTS) is 1. The minimum Gasteiger partial charge on any atom is -0.481 e. The van der Waals surface area contributed by atoms with Crippen molar-refractivity contribution in [3.05, 3.63) is 53.0 Å². The standard InChI is InChI=1S/C18H12F2N2O4S/c19-9-5-6-10-17(16(9)20)27-14(21-10)8-22-11-3-1-2-4-12(11)26-13(18(22)25)7-15(23)24/h1-6,13H,7-8H2,(H,23,24). The molecule has 3 aromatic rings. The molecular weight excluding hydrogens is 378 g/mol. The maximum absolute atomic E-state index is 13.9. The number of thiazole rings is 1. The smallest absolute Gasteiger partial charge is 0.307 e. The highest BCUT2D eigenvalue weighted by Gasteiger charge is 2.36. The Bertz CT molecular complexity index is 1070. The zero-order valence-electron chi connectivity index (χ0n) is 13.7. The van der Waals surface area contributed by atoms with Crippen molar-refractivity contribution in [2.75, 3.05) is 4.90 Å². The highest BCUT2D eigenvalue weighted by Crippen LogP contribution is 2.36. The molecule has 9 heteroatoms. The van der Waals surface area contributed by atoms with Crippen LogP contribution in [0.3, 0.4) is 0 Å². The van der Waals surface area contributed by atoms with Crippen LogP contribution in [-0.4, -0.2) is 28.1 Å². The fraction of sp³-hybridized carbons (Fsp3) is 0.167. The van der Waals surface area contributed by atoms with E-state index in [1.54, 1.807) is 24.3 Å². The van der Waals surface area contributed by atoms with E-state index in [4.69, 9.17) is 9.84 Å². The van der Waals surface area contributed by atoms with Crippen molar-refractivity contribution >= 4 is 39.1 Å². The van der Waals surface area contributed by atoms with E-state index >= 15 is 0 Å². The van der Waals surface area contributed by atoms with E-state index in [-0.39, 0.29) is 11.2 Å². The molecule has 1 atom stereocenters. The second-order valence-electron chi connectivity index (χ2n) is 5.91. The molecule has 2 aromatic carbocycles. The Morgan fingerprint density at radius 1 is 1.26 bits per heavy atom. The number of halogens is 2. The Morgan fingerprint density at radius 3 is 2.81 bits per heavy atom. The third-order valence-corrected chi connectivity index (χ3v) is 5.16. The van der Waals surface area contributed by atoms with Crippen molar-refractivity contribution in [2.45, 2.75) is 19.1 Å². The average molecular weight is 390 g/mol. The molecule has 0 aliphatic carbocycles. The molecule has 2 heterocycles. The Balaban J connectivity index is 1.72. The zero-order valence-corrected chi connectivity index (χ0v) is 14.5. The molecule has 0 bridgehead atoms. The lowest BCUT2D eigenvalue weighted by molar-refractivity contribution is -0.142. The van der Waals surface area contributed by atoms with E-state index in [9.17, 15) is 18.4 Å². The second kappa shape index (κ2) is 6.58. The lowest BCUT2D eigenvalue weighted by Gasteiger charge is -2.33. The maximum Gasteiger partial charge on any atom is 0.307 e. The average Bonchev–Trinajstić information content (AvgIpc) is 3.05. The molecule has 1 aliphatic rings. The van der Waals surface area contributed by atoms with Crippen molar-refractivity contribution in [1.29, 1.82) is 0 Å². The molecule has 0 saturated heterocycles. The molecule has 0 fully saturated rings. The fourth-order valence-corrected chi connectivity index (χ4v) is 3.89. The molecular formula is C18H12F2N2O4S. The van der Waals surface area contributed by atoms with Gasteiger partial charge in [0.2, 0.25) is 0 Å². The molecule has 1 aliphatic heterocycles. The summed E-state index contributed by atoms with van der Waals surface area (Å²) in [5.41, 5.74) is 0.764. The van der Waals surface area contributed by atoms with Crippen molar-refractivity contribution < 1.29 is 28.2 Å². The van der Waals surface area contributed by atoms with Gasteiger partial charge >= 0.3 is 5.97 Å². The summed E-state index contributed by atoms with van der Waals surface area (Å²) in [5, 5.41) is 9.42. The maximum atomic E-state index is 13.9. The lowest BCUT2D eigenvalue weighted by Crippen LogP contribution is -2.46. The highest BCUT2D eigenvalue weighted by atomic mass is 32.1. The highest BCUT2D eigenvalue weighted by molar-refractivity contribution is 7.18. The topological polar surface area (TPSA) is 79.7 Å². The second-order valence-corrected chi connectivity index (χ2v) is 7.00. The van der Waals surface area contributed by atoms with Gasteiger partial charge in [0, 0.05) is 0 Å². The van der Waals surface area contributed by atoms with E-state index in [0.717, 1.165) is 17.4 Å². The number of nitrogens with zero attached hydrogens (tertiary/aromatic N) is 2. The van der Waals surface area contributed by atoms with Crippen LogP contribution in [-0.2, 0) is 16.1 Å². The van der Waals surface area contributed by atoms with Gasteiger partial charge in [-0.05, 0) is 24.3 Å². The van der Waals surface area contributed by atoms with Gasteiger partial charge in [0.1, 0.15) is 10.8 Å². The number of fused-ring (bicyclic) bond motifs is 2. The number of benzene rings is 2. The van der Waals surface area contributed by atoms with Crippen LogP contribution < -0.4 is 9.64 Å². The van der Waals surface area contributed by atoms with Gasteiger partial charge in [-0.25, -0.2) is 13.8 Å². The SMILES string of the molecule is O=C(O)CC1Oc2ccccc2N(Cc2nc3ccc(F)c(F)c3s2)C1=O. The summed E-state index contributed by atoms with van der Waals surface area (Å²) in [6, 6.07) is 9.10. The summed E-state index contributed by atoms with van der Waals surface area (Å²) in [6.45, 7) is -0.00423. The molecule has 27 heavy (non-hydrogen) atoms. The Hall–Kier alpha value is -3.07. The van der Waals surface area contributed by atoms with Gasteiger partial charge in [-0.2, -0.15) is 0 Å². The monoisotopic (exact) mass is 390 g/mol. The molecule has 4 rings (SSSR count). The number of aromatic nitrogens is 1. The molecule has 6 nitrogen and oxygen atoms in total. The molecule has 1 unspecified atom stereocenters. The molecule has 138 valence electrons. The Kier molecular flexibility index (Phi) is 4.23. The van der Waals surface area contributed by atoms with E-state index in [1.807, 2.05) is 0 Å². The predicted octanol–water partition coefficient (Wildman–Crippen LogP) is 3.34. The normalized spacial score (nSPS) is 16.3. The summed E-state index contributed by atoms with van der Waals surface area (Å²) in [7, 11) is 0. The summed E-state index contributed by atoms with van der Waals surface area (Å²) in [5.74, 6) is -3.25. The van der Waals surface area contributed by atoms with Crippen LogP contribution >= 0.6 is 11.3 Å². The van der Waals surface area contributed by atoms with Crippen molar-refractivity contribution in [2.24, 2.45) is 0 Å². The molecule has 1 N–H and O–H groups in total. The lowest BCUT2D eigenvalue weighted by atomic mass is 10.1.